The molecule has 0 bridgehead atoms. The van der Waals surface area contributed by atoms with Crippen LogP contribution < -0.4 is 4.72 Å². The minimum absolute atomic E-state index is 0.201. The number of para-hydroxylation sites is 1. The molecule has 1 aromatic heterocycles. The molecular formula is C18H17N5O5S. The van der Waals surface area contributed by atoms with Gasteiger partial charge in [0, 0.05) is 11.3 Å². The number of hydrogen-bond acceptors (Lipinski definition) is 8. The summed E-state index contributed by atoms with van der Waals surface area (Å²) in [7, 11) is -3.42. The monoisotopic (exact) mass is 415 g/mol. The Morgan fingerprint density at radius 1 is 1.10 bits per heavy atom. The van der Waals surface area contributed by atoms with Crippen molar-refractivity contribution in [3.05, 3.63) is 66.0 Å². The average molecular weight is 415 g/mol. The molecule has 29 heavy (non-hydrogen) atoms. The van der Waals surface area contributed by atoms with Gasteiger partial charge in [-0.2, -0.15) is 4.68 Å². The Bertz CT molecular complexity index is 1130. The first kappa shape index (κ1) is 20.1. The van der Waals surface area contributed by atoms with E-state index < -0.39 is 27.9 Å². The second-order valence-corrected chi connectivity index (χ2v) is 7.88. The molecule has 0 radical (unpaired) electrons. The first-order chi connectivity index (χ1) is 13.7. The van der Waals surface area contributed by atoms with Crippen molar-refractivity contribution in [3.8, 4) is 5.69 Å². The number of aromatic nitrogens is 4. The highest BCUT2D eigenvalue weighted by Crippen LogP contribution is 2.17. The largest absolute Gasteiger partial charge is 0.451 e. The predicted molar refractivity (Wildman–Crippen MR) is 103 cm³/mol. The van der Waals surface area contributed by atoms with Gasteiger partial charge in [0.2, 0.25) is 15.8 Å². The van der Waals surface area contributed by atoms with Crippen LogP contribution in [0, 0.1) is 0 Å². The van der Waals surface area contributed by atoms with Crippen LogP contribution in [-0.2, 0) is 14.8 Å². The summed E-state index contributed by atoms with van der Waals surface area (Å²) in [5, 5.41) is 10.8. The summed E-state index contributed by atoms with van der Waals surface area (Å²) >= 11 is 0. The third kappa shape index (κ3) is 5.02. The van der Waals surface area contributed by atoms with Gasteiger partial charge in [0.25, 0.3) is 0 Å². The molecule has 11 heteroatoms. The van der Waals surface area contributed by atoms with Gasteiger partial charge < -0.3 is 4.74 Å². The molecular weight excluding hydrogens is 398 g/mol. The molecule has 0 saturated carbocycles. The summed E-state index contributed by atoms with van der Waals surface area (Å²) in [6, 6.07) is 12.4. The number of carbonyl (C=O) groups is 2. The maximum absolute atomic E-state index is 12.6. The Morgan fingerprint density at radius 2 is 1.79 bits per heavy atom. The first-order valence-corrected chi connectivity index (χ1v) is 10.3. The van der Waals surface area contributed by atoms with E-state index in [0.29, 0.717) is 11.4 Å². The van der Waals surface area contributed by atoms with Gasteiger partial charge in [0.1, 0.15) is 6.33 Å². The molecule has 3 aromatic rings. The Hall–Kier alpha value is -3.60. The normalized spacial score (nSPS) is 12.2. The van der Waals surface area contributed by atoms with Crippen molar-refractivity contribution in [2.45, 2.75) is 13.0 Å². The van der Waals surface area contributed by atoms with Crippen molar-refractivity contribution in [3.63, 3.8) is 0 Å². The quantitative estimate of drug-likeness (QED) is 0.453. The number of ketones is 1. The van der Waals surface area contributed by atoms with E-state index in [1.807, 2.05) is 0 Å². The number of esters is 1. The zero-order valence-corrected chi connectivity index (χ0v) is 16.3. The number of hydrogen-bond donors (Lipinski definition) is 1. The van der Waals surface area contributed by atoms with E-state index in [-0.39, 0.29) is 11.1 Å². The third-order valence-corrected chi connectivity index (χ3v) is 4.45. The minimum atomic E-state index is -3.42. The molecule has 10 nitrogen and oxygen atoms in total. The third-order valence-electron chi connectivity index (χ3n) is 3.85. The minimum Gasteiger partial charge on any atom is -0.451 e. The van der Waals surface area contributed by atoms with E-state index in [2.05, 4.69) is 20.2 Å². The van der Waals surface area contributed by atoms with Gasteiger partial charge in [-0.25, -0.2) is 13.2 Å². The van der Waals surface area contributed by atoms with Gasteiger partial charge in [0.05, 0.1) is 17.5 Å². The lowest BCUT2D eigenvalue weighted by Crippen LogP contribution is -2.25. The Morgan fingerprint density at radius 3 is 2.41 bits per heavy atom. The highest BCUT2D eigenvalue weighted by molar-refractivity contribution is 7.92. The fraction of sp³-hybridized carbons (Fsp3) is 0.167. The van der Waals surface area contributed by atoms with E-state index >= 15 is 0 Å². The number of rotatable bonds is 7. The molecule has 150 valence electrons. The lowest BCUT2D eigenvalue weighted by molar-refractivity contribution is 0.0318. The molecule has 1 N–H and O–H groups in total. The van der Waals surface area contributed by atoms with E-state index in [1.165, 1.54) is 42.2 Å². The van der Waals surface area contributed by atoms with Crippen molar-refractivity contribution >= 4 is 27.5 Å². The fourth-order valence-electron chi connectivity index (χ4n) is 2.55. The number of ether oxygens (including phenoxy) is 1. The number of nitrogens with one attached hydrogen (secondary N) is 1. The molecule has 0 amide bonds. The standard InChI is InChI=1S/C18H17N5O5S/c1-12(17(24)13-7-9-14(10-8-13)20-29(2,26)27)28-18(25)15-5-3-4-6-16(15)23-11-19-21-22-23/h3-12,20H,1-2H3/t12-/m0/s1. The number of anilines is 1. The number of carbonyl (C=O) groups excluding carboxylic acids is 2. The van der Waals surface area contributed by atoms with Gasteiger partial charge in [-0.05, 0) is 53.7 Å². The summed E-state index contributed by atoms with van der Waals surface area (Å²) in [5.41, 5.74) is 1.22. The van der Waals surface area contributed by atoms with Crippen LogP contribution in [0.2, 0.25) is 0 Å². The molecule has 3 rings (SSSR count). The highest BCUT2D eigenvalue weighted by atomic mass is 32.2. The maximum Gasteiger partial charge on any atom is 0.341 e. The lowest BCUT2D eigenvalue weighted by atomic mass is 10.1. The number of sulfonamides is 1. The molecule has 0 unspecified atom stereocenters. The summed E-state index contributed by atoms with van der Waals surface area (Å²) < 4.78 is 31.4. The zero-order valence-electron chi connectivity index (χ0n) is 15.5. The van der Waals surface area contributed by atoms with E-state index in [9.17, 15) is 18.0 Å². The highest BCUT2D eigenvalue weighted by Gasteiger charge is 2.22. The molecule has 0 saturated heterocycles. The van der Waals surface area contributed by atoms with Crippen LogP contribution in [0.1, 0.15) is 27.6 Å². The van der Waals surface area contributed by atoms with Gasteiger partial charge >= 0.3 is 5.97 Å². The number of Topliss-reactive ketones (excluding diaryl/α,β-unsaturated/α-hetero) is 1. The Labute approximate surface area is 166 Å². The van der Waals surface area contributed by atoms with Gasteiger partial charge in [-0.3, -0.25) is 9.52 Å². The molecule has 2 aromatic carbocycles. The summed E-state index contributed by atoms with van der Waals surface area (Å²) in [6.07, 6.45) is 1.31. The van der Waals surface area contributed by atoms with Gasteiger partial charge in [-0.1, -0.05) is 12.1 Å². The molecule has 1 atom stereocenters. The molecule has 0 spiro atoms. The van der Waals surface area contributed by atoms with E-state index in [1.54, 1.807) is 24.3 Å². The van der Waals surface area contributed by atoms with Gasteiger partial charge in [-0.15, -0.1) is 5.10 Å². The Kier molecular flexibility index (Phi) is 5.69. The smallest absolute Gasteiger partial charge is 0.341 e. The van der Waals surface area contributed by atoms with Crippen molar-refractivity contribution < 1.29 is 22.7 Å². The van der Waals surface area contributed by atoms with Crippen LogP contribution in [0.25, 0.3) is 5.69 Å². The van der Waals surface area contributed by atoms with Crippen molar-refractivity contribution in [2.75, 3.05) is 11.0 Å². The second kappa shape index (κ2) is 8.19. The lowest BCUT2D eigenvalue weighted by Gasteiger charge is -2.14. The molecule has 0 aliphatic rings. The number of tetrazole rings is 1. The van der Waals surface area contributed by atoms with Crippen LogP contribution in [-0.4, -0.2) is 52.7 Å². The topological polar surface area (TPSA) is 133 Å². The molecule has 0 aliphatic heterocycles. The summed E-state index contributed by atoms with van der Waals surface area (Å²) in [4.78, 5) is 25.2. The SMILES string of the molecule is C[C@H](OC(=O)c1ccccc1-n1cnnn1)C(=O)c1ccc(NS(C)(=O)=O)cc1. The van der Waals surface area contributed by atoms with Crippen LogP contribution in [0.3, 0.4) is 0 Å². The predicted octanol–water partition coefficient (Wildman–Crippen LogP) is 1.46. The molecule has 0 fully saturated rings. The van der Waals surface area contributed by atoms with E-state index in [4.69, 9.17) is 4.74 Å². The fourth-order valence-corrected chi connectivity index (χ4v) is 3.11. The van der Waals surface area contributed by atoms with Gasteiger partial charge in [0.15, 0.2) is 6.10 Å². The van der Waals surface area contributed by atoms with Crippen molar-refractivity contribution in [1.82, 2.24) is 20.2 Å². The van der Waals surface area contributed by atoms with Crippen LogP contribution in [0.5, 0.6) is 0 Å². The molecule has 0 aliphatic carbocycles. The summed E-state index contributed by atoms with van der Waals surface area (Å²) in [5.74, 6) is -1.13. The van der Waals surface area contributed by atoms with Crippen molar-refractivity contribution in [1.29, 1.82) is 0 Å². The van der Waals surface area contributed by atoms with E-state index in [0.717, 1.165) is 6.26 Å². The van der Waals surface area contributed by atoms with Crippen molar-refractivity contribution in [2.24, 2.45) is 0 Å². The summed E-state index contributed by atoms with van der Waals surface area (Å²) in [6.45, 7) is 1.46. The maximum atomic E-state index is 12.6. The van der Waals surface area contributed by atoms with Crippen LogP contribution in [0.15, 0.2) is 54.9 Å². The number of nitrogens with zero attached hydrogens (tertiary/aromatic N) is 4. The van der Waals surface area contributed by atoms with Crippen LogP contribution in [0.4, 0.5) is 5.69 Å². The zero-order chi connectivity index (χ0) is 21.0. The first-order valence-electron chi connectivity index (χ1n) is 8.40. The average Bonchev–Trinajstić information content (AvgIpc) is 3.21. The Balaban J connectivity index is 1.73. The molecule has 1 heterocycles. The second-order valence-electron chi connectivity index (χ2n) is 6.13. The number of benzene rings is 2. The van der Waals surface area contributed by atoms with Crippen LogP contribution >= 0.6 is 0 Å².